The Bertz CT molecular complexity index is 1630. The van der Waals surface area contributed by atoms with Gasteiger partial charge >= 0.3 is 0 Å². The minimum absolute atomic E-state index is 0.00679. The number of sulfone groups is 1. The van der Waals surface area contributed by atoms with Crippen molar-refractivity contribution in [1.29, 1.82) is 5.41 Å². The summed E-state index contributed by atoms with van der Waals surface area (Å²) in [5.41, 5.74) is 6.79. The minimum Gasteiger partial charge on any atom is -0.384 e. The molecule has 0 bridgehead atoms. The first-order valence-electron chi connectivity index (χ1n) is 14.4. The number of nitrogens with zero attached hydrogens (tertiary/aromatic N) is 3. The van der Waals surface area contributed by atoms with Crippen molar-refractivity contribution in [2.24, 2.45) is 17.6 Å². The smallest absolute Gasteiger partial charge is 0.271 e. The summed E-state index contributed by atoms with van der Waals surface area (Å²) in [6.07, 6.45) is 5.35. The lowest BCUT2D eigenvalue weighted by Gasteiger charge is -2.34. The largest absolute Gasteiger partial charge is 0.384 e. The van der Waals surface area contributed by atoms with Gasteiger partial charge in [0, 0.05) is 44.4 Å². The molecule has 4 rings (SSSR count). The standard InChI is InChI=1S/C31H38N6O5S/c1-34-28(38)11-3-6-22-13-16-36(17-14-22)31(40)25(19-23-7-2-8-24(18-23)30(32)33)21-43(41,42)27-10-4-9-26(20-27)37-29(39)12-5-15-35-37/h2,4-5,7-10,12,15,18,20,22,25H,3,6,11,13-14,16-17,19,21H2,1H3,(H3,32,33)(H,34,38). The van der Waals surface area contributed by atoms with E-state index < -0.39 is 27.1 Å². The van der Waals surface area contributed by atoms with Gasteiger partial charge in [-0.15, -0.1) is 0 Å². The number of carbonyl (C=O) groups is 2. The number of nitrogens with one attached hydrogen (secondary N) is 2. The van der Waals surface area contributed by atoms with E-state index in [2.05, 4.69) is 10.4 Å². The van der Waals surface area contributed by atoms with E-state index in [-0.39, 0.29) is 29.0 Å². The molecule has 3 aromatic rings. The number of likely N-dealkylation sites (tertiary alicyclic amines) is 1. The molecule has 0 radical (unpaired) electrons. The summed E-state index contributed by atoms with van der Waals surface area (Å²) < 4.78 is 28.6. The maximum absolute atomic E-state index is 13.9. The molecule has 43 heavy (non-hydrogen) atoms. The van der Waals surface area contributed by atoms with E-state index in [1.807, 2.05) is 0 Å². The predicted octanol–water partition coefficient (Wildman–Crippen LogP) is 2.30. The van der Waals surface area contributed by atoms with Gasteiger partial charge in [0.1, 0.15) is 5.84 Å². The van der Waals surface area contributed by atoms with Crippen LogP contribution in [-0.2, 0) is 25.8 Å². The molecule has 1 aliphatic rings. The van der Waals surface area contributed by atoms with Gasteiger partial charge in [-0.3, -0.25) is 19.8 Å². The predicted molar refractivity (Wildman–Crippen MR) is 164 cm³/mol. The van der Waals surface area contributed by atoms with E-state index in [0.717, 1.165) is 30.4 Å². The Morgan fingerprint density at radius 2 is 1.84 bits per heavy atom. The lowest BCUT2D eigenvalue weighted by molar-refractivity contribution is -0.136. The molecule has 0 saturated carbocycles. The first-order chi connectivity index (χ1) is 20.6. The third-order valence-corrected chi connectivity index (χ3v) is 9.66. The van der Waals surface area contributed by atoms with Crippen molar-refractivity contribution in [3.05, 3.63) is 88.3 Å². The molecule has 1 aliphatic heterocycles. The van der Waals surface area contributed by atoms with Crippen LogP contribution in [-0.4, -0.2) is 66.6 Å². The van der Waals surface area contributed by atoms with Gasteiger partial charge in [0.25, 0.3) is 5.56 Å². The number of hydrogen-bond donors (Lipinski definition) is 3. The van der Waals surface area contributed by atoms with Crippen molar-refractivity contribution in [3.8, 4) is 5.69 Å². The van der Waals surface area contributed by atoms with E-state index in [9.17, 15) is 22.8 Å². The van der Waals surface area contributed by atoms with E-state index in [0.29, 0.717) is 42.2 Å². The van der Waals surface area contributed by atoms with Crippen LogP contribution in [0, 0.1) is 17.2 Å². The maximum atomic E-state index is 13.9. The van der Waals surface area contributed by atoms with Crippen molar-refractivity contribution in [3.63, 3.8) is 0 Å². The van der Waals surface area contributed by atoms with Crippen molar-refractivity contribution in [2.75, 3.05) is 25.9 Å². The van der Waals surface area contributed by atoms with E-state index in [4.69, 9.17) is 11.1 Å². The van der Waals surface area contributed by atoms with E-state index >= 15 is 0 Å². The average Bonchev–Trinajstić information content (AvgIpc) is 3.01. The number of amides is 2. The first kappa shape index (κ1) is 31.6. The maximum Gasteiger partial charge on any atom is 0.271 e. The molecule has 1 saturated heterocycles. The van der Waals surface area contributed by atoms with Gasteiger partial charge in [-0.05, 0) is 73.9 Å². The summed E-state index contributed by atoms with van der Waals surface area (Å²) in [7, 11) is -2.34. The molecule has 1 fully saturated rings. The number of carbonyl (C=O) groups excluding carboxylic acids is 2. The van der Waals surface area contributed by atoms with Crippen molar-refractivity contribution < 1.29 is 18.0 Å². The number of amidine groups is 1. The topological polar surface area (TPSA) is 168 Å². The molecule has 228 valence electrons. The molecule has 2 amide bonds. The van der Waals surface area contributed by atoms with Crippen molar-refractivity contribution in [2.45, 2.75) is 43.4 Å². The second kappa shape index (κ2) is 14.2. The number of piperidine rings is 1. The summed E-state index contributed by atoms with van der Waals surface area (Å²) >= 11 is 0. The molecule has 11 nitrogen and oxygen atoms in total. The number of rotatable bonds is 12. The Hall–Kier alpha value is -4.32. The van der Waals surface area contributed by atoms with Crippen LogP contribution in [0.5, 0.6) is 0 Å². The molecule has 1 atom stereocenters. The van der Waals surface area contributed by atoms with Crippen LogP contribution in [0.4, 0.5) is 0 Å². The second-order valence-electron chi connectivity index (χ2n) is 10.9. The average molecular weight is 607 g/mol. The van der Waals surface area contributed by atoms with Gasteiger partial charge in [0.2, 0.25) is 11.8 Å². The zero-order valence-electron chi connectivity index (χ0n) is 24.2. The Balaban J connectivity index is 1.54. The third kappa shape index (κ3) is 8.38. The Morgan fingerprint density at radius 3 is 2.53 bits per heavy atom. The quantitative estimate of drug-likeness (QED) is 0.210. The number of nitrogens with two attached hydrogens (primary N) is 1. The highest BCUT2D eigenvalue weighted by Crippen LogP contribution is 2.26. The fourth-order valence-corrected chi connectivity index (χ4v) is 7.03. The van der Waals surface area contributed by atoms with E-state index in [1.165, 1.54) is 30.5 Å². The Kier molecular flexibility index (Phi) is 10.5. The van der Waals surface area contributed by atoms with Gasteiger partial charge in [-0.1, -0.05) is 24.3 Å². The van der Waals surface area contributed by atoms with Crippen LogP contribution in [0.3, 0.4) is 0 Å². The van der Waals surface area contributed by atoms with Crippen molar-refractivity contribution >= 4 is 27.5 Å². The molecule has 4 N–H and O–H groups in total. The number of hydrogen-bond acceptors (Lipinski definition) is 7. The lowest BCUT2D eigenvalue weighted by atomic mass is 9.90. The summed E-state index contributed by atoms with van der Waals surface area (Å²) in [5, 5.41) is 14.5. The number of aromatic nitrogens is 2. The normalized spacial score (nSPS) is 14.7. The molecule has 0 aliphatic carbocycles. The van der Waals surface area contributed by atoms with Gasteiger partial charge in [-0.25, -0.2) is 8.42 Å². The van der Waals surface area contributed by atoms with Crippen LogP contribution in [0.25, 0.3) is 5.69 Å². The van der Waals surface area contributed by atoms with Gasteiger partial charge in [-0.2, -0.15) is 9.78 Å². The summed E-state index contributed by atoms with van der Waals surface area (Å²) in [5.74, 6) is -1.24. The van der Waals surface area contributed by atoms with Gasteiger partial charge < -0.3 is 16.0 Å². The highest BCUT2D eigenvalue weighted by atomic mass is 32.2. The molecule has 1 aromatic heterocycles. The minimum atomic E-state index is -3.96. The molecular weight excluding hydrogens is 568 g/mol. The van der Waals surface area contributed by atoms with Crippen molar-refractivity contribution in [1.82, 2.24) is 20.0 Å². The van der Waals surface area contributed by atoms with E-state index in [1.54, 1.807) is 48.3 Å². The SMILES string of the molecule is CNC(=O)CCCC1CCN(C(=O)C(Cc2cccc(C(=N)N)c2)CS(=O)(=O)c2cccc(-n3ncccc3=O)c2)CC1. The highest BCUT2D eigenvalue weighted by molar-refractivity contribution is 7.91. The molecule has 12 heteroatoms. The third-order valence-electron chi connectivity index (χ3n) is 7.85. The fraction of sp³-hybridized carbons (Fsp3) is 0.387. The molecule has 0 spiro atoms. The first-order valence-corrected chi connectivity index (χ1v) is 16.0. The lowest BCUT2D eigenvalue weighted by Crippen LogP contribution is -2.44. The second-order valence-corrected chi connectivity index (χ2v) is 12.9. The zero-order chi connectivity index (χ0) is 31.0. The fourth-order valence-electron chi connectivity index (χ4n) is 5.47. The highest BCUT2D eigenvalue weighted by Gasteiger charge is 2.32. The molecule has 2 heterocycles. The summed E-state index contributed by atoms with van der Waals surface area (Å²) in [6, 6.07) is 15.8. The zero-order valence-corrected chi connectivity index (χ0v) is 25.1. The molecule has 2 aromatic carbocycles. The van der Waals surface area contributed by atoms with Crippen LogP contribution < -0.4 is 16.6 Å². The van der Waals surface area contributed by atoms with Gasteiger partial charge in [0.15, 0.2) is 9.84 Å². The number of nitrogen functional groups attached to an aromatic ring is 1. The van der Waals surface area contributed by atoms with Crippen LogP contribution in [0.15, 0.2) is 76.6 Å². The summed E-state index contributed by atoms with van der Waals surface area (Å²) in [4.78, 5) is 39.5. The van der Waals surface area contributed by atoms with Crippen LogP contribution in [0.1, 0.15) is 43.2 Å². The molecular formula is C31H38N6O5S. The Labute approximate surface area is 251 Å². The summed E-state index contributed by atoms with van der Waals surface area (Å²) in [6.45, 7) is 1.04. The Morgan fingerprint density at radius 1 is 1.09 bits per heavy atom. The monoisotopic (exact) mass is 606 g/mol. The van der Waals surface area contributed by atoms with Crippen LogP contribution >= 0.6 is 0 Å². The van der Waals surface area contributed by atoms with Crippen LogP contribution in [0.2, 0.25) is 0 Å². The number of benzene rings is 2. The molecule has 1 unspecified atom stereocenters. The van der Waals surface area contributed by atoms with Gasteiger partial charge in [0.05, 0.1) is 22.3 Å².